The van der Waals surface area contributed by atoms with Gasteiger partial charge in [-0.15, -0.1) is 0 Å². The molecule has 0 bridgehead atoms. The second-order valence-electron chi connectivity index (χ2n) is 3.70. The molecule has 1 rings (SSSR count). The van der Waals surface area contributed by atoms with Crippen LogP contribution in [-0.4, -0.2) is 30.4 Å². The molecular formula is C12H19IN2O2. The third-order valence-electron chi connectivity index (χ3n) is 2.56. The highest BCUT2D eigenvalue weighted by molar-refractivity contribution is 14.1. The van der Waals surface area contributed by atoms with Gasteiger partial charge in [0.1, 0.15) is 5.76 Å². The Labute approximate surface area is 116 Å². The minimum Gasteiger partial charge on any atom is -0.454 e. The Morgan fingerprint density at radius 1 is 1.41 bits per heavy atom. The van der Waals surface area contributed by atoms with E-state index in [0.29, 0.717) is 19.5 Å². The van der Waals surface area contributed by atoms with Gasteiger partial charge >= 0.3 is 0 Å². The molecule has 0 saturated heterocycles. The monoisotopic (exact) mass is 350 g/mol. The zero-order valence-corrected chi connectivity index (χ0v) is 12.5. The van der Waals surface area contributed by atoms with Crippen LogP contribution in [0.1, 0.15) is 26.0 Å². The van der Waals surface area contributed by atoms with Gasteiger partial charge in [0, 0.05) is 26.1 Å². The number of hydrogen-bond acceptors (Lipinski definition) is 3. The Hall–Kier alpha value is -0.560. The average molecular weight is 350 g/mol. The highest BCUT2D eigenvalue weighted by Crippen LogP contribution is 2.09. The fourth-order valence-corrected chi connectivity index (χ4v) is 2.05. The molecule has 4 nitrogen and oxygen atoms in total. The van der Waals surface area contributed by atoms with Crippen LogP contribution in [0.25, 0.3) is 0 Å². The highest BCUT2D eigenvalue weighted by atomic mass is 127. The van der Waals surface area contributed by atoms with Gasteiger partial charge < -0.3 is 14.6 Å². The fraction of sp³-hybridized carbons (Fsp3) is 0.583. The average Bonchev–Trinajstić information content (AvgIpc) is 2.72. The number of amides is 1. The summed E-state index contributed by atoms with van der Waals surface area (Å²) in [4.78, 5) is 13.5. The summed E-state index contributed by atoms with van der Waals surface area (Å²) in [6, 6.07) is 3.87. The molecule has 0 spiro atoms. The quantitative estimate of drug-likeness (QED) is 0.606. The Kier molecular flexibility index (Phi) is 6.57. The molecule has 1 N–H and O–H groups in total. The summed E-state index contributed by atoms with van der Waals surface area (Å²) in [5, 5.41) is 3.20. The molecule has 17 heavy (non-hydrogen) atoms. The molecule has 0 aliphatic rings. The summed E-state index contributed by atoms with van der Waals surface area (Å²) in [7, 11) is 0. The maximum absolute atomic E-state index is 11.7. The normalized spacial score (nSPS) is 10.5. The van der Waals surface area contributed by atoms with E-state index >= 15 is 0 Å². The van der Waals surface area contributed by atoms with E-state index < -0.39 is 0 Å². The van der Waals surface area contributed by atoms with Crippen molar-refractivity contribution in [2.45, 2.75) is 26.8 Å². The van der Waals surface area contributed by atoms with E-state index in [-0.39, 0.29) is 5.91 Å². The van der Waals surface area contributed by atoms with Gasteiger partial charge in [0.25, 0.3) is 0 Å². The predicted molar refractivity (Wildman–Crippen MR) is 75.7 cm³/mol. The lowest BCUT2D eigenvalue weighted by atomic mass is 10.3. The van der Waals surface area contributed by atoms with Gasteiger partial charge in [0.05, 0.1) is 6.54 Å². The third-order valence-corrected chi connectivity index (χ3v) is 3.14. The van der Waals surface area contributed by atoms with Crippen molar-refractivity contribution in [1.29, 1.82) is 0 Å². The van der Waals surface area contributed by atoms with Crippen molar-refractivity contribution >= 4 is 28.5 Å². The number of halogens is 1. The molecule has 0 fully saturated rings. The van der Waals surface area contributed by atoms with Gasteiger partial charge in [0.2, 0.25) is 5.91 Å². The third kappa shape index (κ3) is 5.08. The van der Waals surface area contributed by atoms with Gasteiger partial charge in [-0.1, -0.05) is 0 Å². The lowest BCUT2D eigenvalue weighted by Gasteiger charge is -2.18. The van der Waals surface area contributed by atoms with Crippen LogP contribution in [0.5, 0.6) is 0 Å². The van der Waals surface area contributed by atoms with E-state index in [4.69, 9.17) is 4.42 Å². The molecule has 0 aliphatic carbocycles. The molecule has 0 atom stereocenters. The smallest absolute Gasteiger partial charge is 0.223 e. The fourth-order valence-electron chi connectivity index (χ4n) is 1.59. The van der Waals surface area contributed by atoms with Crippen LogP contribution in [0.4, 0.5) is 0 Å². The number of carbonyl (C=O) groups excluding carboxylic acids is 1. The first kappa shape index (κ1) is 14.5. The minimum atomic E-state index is 0.205. The van der Waals surface area contributed by atoms with E-state index in [9.17, 15) is 4.79 Å². The summed E-state index contributed by atoms with van der Waals surface area (Å²) in [5.74, 6) is 1.11. The van der Waals surface area contributed by atoms with Gasteiger partial charge in [-0.2, -0.15) is 0 Å². The largest absolute Gasteiger partial charge is 0.454 e. The second-order valence-corrected chi connectivity index (χ2v) is 4.76. The summed E-state index contributed by atoms with van der Waals surface area (Å²) in [6.45, 7) is 6.93. The first-order valence-electron chi connectivity index (χ1n) is 5.90. The van der Waals surface area contributed by atoms with Crippen LogP contribution in [0, 0.1) is 3.77 Å². The number of nitrogens with zero attached hydrogens (tertiary/aromatic N) is 1. The SMILES string of the molecule is CCN(CC)C(=O)CCNCc1ccc(I)o1. The van der Waals surface area contributed by atoms with E-state index in [1.54, 1.807) is 0 Å². The second kappa shape index (κ2) is 7.71. The number of furan rings is 1. The van der Waals surface area contributed by atoms with Crippen LogP contribution >= 0.6 is 22.6 Å². The lowest BCUT2D eigenvalue weighted by Crippen LogP contribution is -2.32. The zero-order chi connectivity index (χ0) is 12.7. The Balaban J connectivity index is 2.17. The molecule has 0 aromatic carbocycles. The van der Waals surface area contributed by atoms with Gasteiger partial charge in [-0.25, -0.2) is 0 Å². The minimum absolute atomic E-state index is 0.205. The topological polar surface area (TPSA) is 45.5 Å². The van der Waals surface area contributed by atoms with Gasteiger partial charge in [-0.3, -0.25) is 4.79 Å². The zero-order valence-electron chi connectivity index (χ0n) is 10.3. The number of nitrogens with one attached hydrogen (secondary N) is 1. The number of carbonyl (C=O) groups is 1. The van der Waals surface area contributed by atoms with Crippen molar-refractivity contribution in [3.8, 4) is 0 Å². The van der Waals surface area contributed by atoms with Crippen molar-refractivity contribution in [2.24, 2.45) is 0 Å². The molecule has 0 radical (unpaired) electrons. The van der Waals surface area contributed by atoms with Crippen LogP contribution in [0.2, 0.25) is 0 Å². The Morgan fingerprint density at radius 3 is 2.65 bits per heavy atom. The molecular weight excluding hydrogens is 331 g/mol. The summed E-state index contributed by atoms with van der Waals surface area (Å²) in [5.41, 5.74) is 0. The Bertz CT molecular complexity index is 348. The summed E-state index contributed by atoms with van der Waals surface area (Å²) >= 11 is 2.14. The Morgan fingerprint density at radius 2 is 2.12 bits per heavy atom. The molecule has 1 heterocycles. The molecule has 0 saturated carbocycles. The van der Waals surface area contributed by atoms with Crippen molar-refractivity contribution in [2.75, 3.05) is 19.6 Å². The standard InChI is InChI=1S/C12H19IN2O2/c1-3-15(4-2)12(16)7-8-14-9-10-5-6-11(13)17-10/h5-6,14H,3-4,7-9H2,1-2H3. The van der Waals surface area contributed by atoms with Crippen molar-refractivity contribution < 1.29 is 9.21 Å². The van der Waals surface area contributed by atoms with Gasteiger partial charge in [0.15, 0.2) is 3.77 Å². The van der Waals surface area contributed by atoms with E-state index in [1.165, 1.54) is 0 Å². The van der Waals surface area contributed by atoms with Gasteiger partial charge in [-0.05, 0) is 48.6 Å². The maximum Gasteiger partial charge on any atom is 0.223 e. The number of rotatable bonds is 7. The van der Waals surface area contributed by atoms with Crippen molar-refractivity contribution in [3.63, 3.8) is 0 Å². The van der Waals surface area contributed by atoms with Crippen LogP contribution in [0.3, 0.4) is 0 Å². The van der Waals surface area contributed by atoms with Crippen molar-refractivity contribution in [3.05, 3.63) is 21.7 Å². The molecule has 5 heteroatoms. The van der Waals surface area contributed by atoms with E-state index in [0.717, 1.165) is 22.6 Å². The molecule has 1 amide bonds. The summed E-state index contributed by atoms with van der Waals surface area (Å²) in [6.07, 6.45) is 0.541. The molecule has 1 aromatic heterocycles. The van der Waals surface area contributed by atoms with Crippen molar-refractivity contribution in [1.82, 2.24) is 10.2 Å². The molecule has 0 aliphatic heterocycles. The summed E-state index contributed by atoms with van der Waals surface area (Å²) < 4.78 is 6.30. The van der Waals surface area contributed by atoms with E-state index in [1.807, 2.05) is 30.9 Å². The predicted octanol–water partition coefficient (Wildman–Crippen LogP) is 2.23. The molecule has 0 unspecified atom stereocenters. The maximum atomic E-state index is 11.7. The first-order chi connectivity index (χ1) is 8.17. The van der Waals surface area contributed by atoms with Crippen LogP contribution in [0.15, 0.2) is 16.5 Å². The van der Waals surface area contributed by atoms with E-state index in [2.05, 4.69) is 27.9 Å². The lowest BCUT2D eigenvalue weighted by molar-refractivity contribution is -0.130. The molecule has 1 aromatic rings. The van der Waals surface area contributed by atoms with Crippen LogP contribution < -0.4 is 5.32 Å². The number of hydrogen-bond donors (Lipinski definition) is 1. The first-order valence-corrected chi connectivity index (χ1v) is 6.98. The highest BCUT2D eigenvalue weighted by Gasteiger charge is 2.08. The van der Waals surface area contributed by atoms with Crippen LogP contribution in [-0.2, 0) is 11.3 Å². The molecule has 96 valence electrons.